The van der Waals surface area contributed by atoms with Crippen molar-refractivity contribution in [1.29, 1.82) is 0 Å². The fourth-order valence-electron chi connectivity index (χ4n) is 4.04. The highest BCUT2D eigenvalue weighted by Crippen LogP contribution is 2.41. The van der Waals surface area contributed by atoms with Crippen molar-refractivity contribution in [2.45, 2.75) is 37.5 Å². The molecule has 2 heterocycles. The molecule has 35 heavy (non-hydrogen) atoms. The highest BCUT2D eigenvalue weighted by atomic mass is 35.5. The number of hydrogen-bond acceptors (Lipinski definition) is 5. The molecule has 4 rings (SSSR count). The van der Waals surface area contributed by atoms with Gasteiger partial charge >= 0.3 is 12.1 Å². The van der Waals surface area contributed by atoms with E-state index in [0.717, 1.165) is 11.1 Å². The van der Waals surface area contributed by atoms with Gasteiger partial charge < -0.3 is 10.4 Å². The van der Waals surface area contributed by atoms with Crippen LogP contribution < -0.4 is 15.1 Å². The summed E-state index contributed by atoms with van der Waals surface area (Å²) in [7, 11) is 0. The van der Waals surface area contributed by atoms with E-state index in [1.807, 2.05) is 24.5 Å². The van der Waals surface area contributed by atoms with Crippen molar-refractivity contribution >= 4 is 64.3 Å². The first kappa shape index (κ1) is 25.1. The number of nitrogens with zero attached hydrogens (tertiary/aromatic N) is 4. The van der Waals surface area contributed by atoms with Crippen LogP contribution in [0, 0.1) is 0 Å². The van der Waals surface area contributed by atoms with Crippen LogP contribution in [0.25, 0.3) is 0 Å². The number of rotatable bonds is 6. The molecule has 3 amide bonds. The predicted octanol–water partition coefficient (Wildman–Crippen LogP) is 6.37. The van der Waals surface area contributed by atoms with Gasteiger partial charge in [0.1, 0.15) is 0 Å². The second-order valence-electron chi connectivity index (χ2n) is 8.64. The molecule has 1 aliphatic heterocycles. The van der Waals surface area contributed by atoms with E-state index in [0.29, 0.717) is 38.8 Å². The van der Waals surface area contributed by atoms with Crippen molar-refractivity contribution < 1.29 is 14.7 Å². The van der Waals surface area contributed by atoms with Gasteiger partial charge in [-0.3, -0.25) is 4.90 Å². The van der Waals surface area contributed by atoms with Gasteiger partial charge in [0.15, 0.2) is 11.0 Å². The molecule has 0 bridgehead atoms. The van der Waals surface area contributed by atoms with Gasteiger partial charge in [0, 0.05) is 17.3 Å². The van der Waals surface area contributed by atoms with Gasteiger partial charge in [-0.1, -0.05) is 53.2 Å². The van der Waals surface area contributed by atoms with Gasteiger partial charge in [-0.25, -0.2) is 24.5 Å². The third-order valence-electron chi connectivity index (χ3n) is 5.43. The van der Waals surface area contributed by atoms with Crippen molar-refractivity contribution in [2.24, 2.45) is 0 Å². The van der Waals surface area contributed by atoms with Gasteiger partial charge in [0.05, 0.1) is 28.0 Å². The van der Waals surface area contributed by atoms with Crippen LogP contribution in [-0.4, -0.2) is 39.0 Å². The molecule has 1 aliphatic rings. The number of carboxylic acid groups (broad SMARTS) is 1. The molecule has 0 saturated carbocycles. The summed E-state index contributed by atoms with van der Waals surface area (Å²) in [6, 6.07) is 12.1. The van der Waals surface area contributed by atoms with Crippen molar-refractivity contribution in [3.8, 4) is 0 Å². The quantitative estimate of drug-likeness (QED) is 0.283. The van der Waals surface area contributed by atoms with E-state index in [1.165, 1.54) is 21.6 Å². The maximum atomic E-state index is 13.9. The first-order valence-corrected chi connectivity index (χ1v) is 12.6. The van der Waals surface area contributed by atoms with E-state index in [1.54, 1.807) is 44.3 Å². The first-order valence-electron chi connectivity index (χ1n) is 10.7. The molecule has 3 aromatic rings. The summed E-state index contributed by atoms with van der Waals surface area (Å²) >= 11 is 14.3. The Bertz CT molecular complexity index is 1280. The van der Waals surface area contributed by atoms with Crippen LogP contribution in [-0.2, 0) is 13.0 Å². The summed E-state index contributed by atoms with van der Waals surface area (Å²) in [5, 5.41) is 12.9. The Labute approximate surface area is 217 Å². The van der Waals surface area contributed by atoms with Crippen molar-refractivity contribution in [3.63, 3.8) is 0 Å². The zero-order chi connectivity index (χ0) is 25.3. The van der Waals surface area contributed by atoms with Crippen LogP contribution >= 0.6 is 35.0 Å². The van der Waals surface area contributed by atoms with Crippen molar-refractivity contribution in [2.75, 3.05) is 16.1 Å². The number of para-hydroxylation sites is 1. The Morgan fingerprint density at radius 2 is 1.89 bits per heavy atom. The van der Waals surface area contributed by atoms with Crippen LogP contribution in [0.3, 0.4) is 0 Å². The Hall–Kier alpha value is -3.01. The lowest BCUT2D eigenvalue weighted by Gasteiger charge is -2.37. The maximum Gasteiger partial charge on any atom is 0.405 e. The van der Waals surface area contributed by atoms with Crippen molar-refractivity contribution in [3.05, 3.63) is 69.8 Å². The SMILES string of the molecule is CSc1ncc2c(n1)N(c1cccc(CC(C)(C)NC(=O)O)c1)C(=O)N(c1c(Cl)cccc1Cl)C2. The molecule has 0 saturated heterocycles. The van der Waals surface area contributed by atoms with Crippen molar-refractivity contribution in [1.82, 2.24) is 15.3 Å². The predicted molar refractivity (Wildman–Crippen MR) is 139 cm³/mol. The second-order valence-corrected chi connectivity index (χ2v) is 10.2. The molecular formula is C24H23Cl2N5O3S. The summed E-state index contributed by atoms with van der Waals surface area (Å²) in [4.78, 5) is 37.1. The summed E-state index contributed by atoms with van der Waals surface area (Å²) < 4.78 is 0. The van der Waals surface area contributed by atoms with Crippen LogP contribution in [0.4, 0.5) is 26.8 Å². The van der Waals surface area contributed by atoms with Gasteiger partial charge in [-0.2, -0.15) is 0 Å². The Morgan fingerprint density at radius 3 is 2.54 bits per heavy atom. The fourth-order valence-corrected chi connectivity index (χ4v) is 4.98. The molecule has 0 unspecified atom stereocenters. The number of anilines is 3. The topological polar surface area (TPSA) is 98.7 Å². The molecule has 2 N–H and O–H groups in total. The molecule has 8 nitrogen and oxygen atoms in total. The highest BCUT2D eigenvalue weighted by molar-refractivity contribution is 7.98. The average molecular weight is 532 g/mol. The minimum Gasteiger partial charge on any atom is -0.465 e. The lowest BCUT2D eigenvalue weighted by atomic mass is 9.94. The number of halogens is 2. The molecule has 0 atom stereocenters. The third kappa shape index (κ3) is 5.32. The normalized spacial score (nSPS) is 13.6. The summed E-state index contributed by atoms with van der Waals surface area (Å²) in [6.45, 7) is 3.81. The van der Waals surface area contributed by atoms with Gasteiger partial charge in [0.2, 0.25) is 0 Å². The Balaban J connectivity index is 1.81. The number of amides is 3. The highest BCUT2D eigenvalue weighted by Gasteiger charge is 2.36. The number of carbonyl (C=O) groups excluding carboxylic acids is 1. The van der Waals surface area contributed by atoms with E-state index in [2.05, 4.69) is 15.3 Å². The molecule has 1 aromatic heterocycles. The Kier molecular flexibility index (Phi) is 7.12. The number of hydrogen-bond donors (Lipinski definition) is 2. The monoisotopic (exact) mass is 531 g/mol. The molecule has 11 heteroatoms. The molecule has 0 aliphatic carbocycles. The van der Waals surface area contributed by atoms with Crippen LogP contribution in [0.15, 0.2) is 53.8 Å². The molecule has 0 fully saturated rings. The molecule has 0 radical (unpaired) electrons. The van der Waals surface area contributed by atoms with E-state index in [4.69, 9.17) is 28.3 Å². The summed E-state index contributed by atoms with van der Waals surface area (Å²) in [5.74, 6) is 0.480. The van der Waals surface area contributed by atoms with E-state index in [-0.39, 0.29) is 12.6 Å². The fraction of sp³-hybridized carbons (Fsp3) is 0.250. The molecule has 182 valence electrons. The van der Waals surface area contributed by atoms with Gasteiger partial charge in [-0.15, -0.1) is 0 Å². The zero-order valence-corrected chi connectivity index (χ0v) is 21.6. The number of carbonyl (C=O) groups is 2. The number of thioether (sulfide) groups is 1. The van der Waals surface area contributed by atoms with E-state index >= 15 is 0 Å². The Morgan fingerprint density at radius 1 is 1.20 bits per heavy atom. The minimum absolute atomic E-state index is 0.206. The third-order valence-corrected chi connectivity index (χ3v) is 6.60. The van der Waals surface area contributed by atoms with Crippen LogP contribution in [0.1, 0.15) is 25.0 Å². The van der Waals surface area contributed by atoms with Crippen LogP contribution in [0.5, 0.6) is 0 Å². The number of urea groups is 1. The smallest absolute Gasteiger partial charge is 0.405 e. The maximum absolute atomic E-state index is 13.9. The van der Waals surface area contributed by atoms with Crippen LogP contribution in [0.2, 0.25) is 10.0 Å². The van der Waals surface area contributed by atoms with Gasteiger partial charge in [0.25, 0.3) is 0 Å². The molecular weight excluding hydrogens is 509 g/mol. The molecule has 0 spiro atoms. The number of aromatic nitrogens is 2. The van der Waals surface area contributed by atoms with E-state index in [9.17, 15) is 9.59 Å². The largest absolute Gasteiger partial charge is 0.465 e. The lowest BCUT2D eigenvalue weighted by molar-refractivity contribution is 0.182. The zero-order valence-electron chi connectivity index (χ0n) is 19.2. The summed E-state index contributed by atoms with van der Waals surface area (Å²) in [6.07, 6.45) is 2.89. The molecule has 2 aromatic carbocycles. The van der Waals surface area contributed by atoms with E-state index < -0.39 is 11.6 Å². The average Bonchev–Trinajstić information content (AvgIpc) is 2.78. The van der Waals surface area contributed by atoms with Gasteiger partial charge in [-0.05, 0) is 56.4 Å². The minimum atomic E-state index is -1.10. The second kappa shape index (κ2) is 9.93. The number of fused-ring (bicyclic) bond motifs is 1. The number of nitrogens with one attached hydrogen (secondary N) is 1. The number of benzene rings is 2. The lowest BCUT2D eigenvalue weighted by Crippen LogP contribution is -2.46. The standard InChI is InChI=1S/C24H23Cl2N5O3S/c1-24(2,29-22(32)33)11-14-6-4-7-16(10-14)31-20-15(12-27-21(28-20)35-3)13-30(23(31)34)19-17(25)8-5-9-18(19)26/h4-10,12,29H,11,13H2,1-3H3,(H,32,33). The first-order chi connectivity index (χ1) is 16.6. The summed E-state index contributed by atoms with van der Waals surface area (Å²) in [5.41, 5.74) is 1.87.